The first-order valence-corrected chi connectivity index (χ1v) is 13.0. The van der Waals surface area contributed by atoms with Gasteiger partial charge in [0.2, 0.25) is 21.8 Å². The van der Waals surface area contributed by atoms with Gasteiger partial charge in [-0.3, -0.25) is 13.9 Å². The Labute approximate surface area is 202 Å². The second-order valence-electron chi connectivity index (χ2n) is 9.33. The molecular weight excluding hydrogens is 457 g/mol. The van der Waals surface area contributed by atoms with Crippen LogP contribution in [0, 0.1) is 12.7 Å². The number of carbonyl (C=O) groups excluding carboxylic acids is 2. The molecule has 186 valence electrons. The van der Waals surface area contributed by atoms with Crippen molar-refractivity contribution in [3.05, 3.63) is 65.5 Å². The molecule has 0 aliphatic rings. The fraction of sp³-hybridized carbons (Fsp3) is 0.440. The zero-order valence-electron chi connectivity index (χ0n) is 20.6. The number of para-hydroxylation sites is 1. The Morgan fingerprint density at radius 3 is 2.18 bits per heavy atom. The Morgan fingerprint density at radius 2 is 1.65 bits per heavy atom. The first-order valence-electron chi connectivity index (χ1n) is 11.1. The minimum atomic E-state index is -3.99. The van der Waals surface area contributed by atoms with Crippen LogP contribution in [-0.2, 0) is 26.2 Å². The van der Waals surface area contributed by atoms with Crippen molar-refractivity contribution in [1.29, 1.82) is 0 Å². The summed E-state index contributed by atoms with van der Waals surface area (Å²) >= 11 is 0. The van der Waals surface area contributed by atoms with E-state index in [2.05, 4.69) is 5.32 Å². The van der Waals surface area contributed by atoms with E-state index in [1.807, 2.05) is 52.0 Å². The van der Waals surface area contributed by atoms with Crippen molar-refractivity contribution in [2.45, 2.75) is 59.2 Å². The van der Waals surface area contributed by atoms with Gasteiger partial charge in [-0.25, -0.2) is 12.8 Å². The standard InChI is InChI=1S/C25H34FN3O4S/c1-7-21(24(31)27-25(3,4)5)28(16-19-13-9-8-12-18(19)2)23(30)17-29(34(6,32)33)22-15-11-10-14-20(22)26/h8-15,21H,7,16-17H2,1-6H3,(H,27,31)/t21-/m0/s1. The van der Waals surface area contributed by atoms with Crippen LogP contribution in [0.1, 0.15) is 45.2 Å². The Morgan fingerprint density at radius 1 is 1.06 bits per heavy atom. The number of halogens is 1. The van der Waals surface area contributed by atoms with Gasteiger partial charge in [-0.1, -0.05) is 43.3 Å². The molecule has 1 N–H and O–H groups in total. The third-order valence-corrected chi connectivity index (χ3v) is 6.41. The molecule has 0 saturated carbocycles. The third kappa shape index (κ3) is 7.28. The lowest BCUT2D eigenvalue weighted by molar-refractivity contribution is -0.141. The van der Waals surface area contributed by atoms with Crippen LogP contribution in [0.25, 0.3) is 0 Å². The van der Waals surface area contributed by atoms with Crippen LogP contribution in [0.15, 0.2) is 48.5 Å². The summed E-state index contributed by atoms with van der Waals surface area (Å²) in [5.41, 5.74) is 1.02. The van der Waals surface area contributed by atoms with Gasteiger partial charge in [0.05, 0.1) is 11.9 Å². The number of hydrogen-bond donors (Lipinski definition) is 1. The topological polar surface area (TPSA) is 86.8 Å². The number of nitrogens with one attached hydrogen (secondary N) is 1. The molecule has 0 heterocycles. The van der Waals surface area contributed by atoms with Crippen LogP contribution in [-0.4, -0.2) is 49.5 Å². The molecule has 2 aromatic carbocycles. The smallest absolute Gasteiger partial charge is 0.244 e. The average Bonchev–Trinajstić information content (AvgIpc) is 2.71. The SMILES string of the molecule is CC[C@@H](C(=O)NC(C)(C)C)N(Cc1ccccc1C)C(=O)CN(c1ccccc1F)S(C)(=O)=O. The highest BCUT2D eigenvalue weighted by Gasteiger charge is 2.33. The molecule has 0 aliphatic heterocycles. The number of anilines is 1. The molecule has 34 heavy (non-hydrogen) atoms. The maximum Gasteiger partial charge on any atom is 0.244 e. The molecule has 2 amide bonds. The summed E-state index contributed by atoms with van der Waals surface area (Å²) in [4.78, 5) is 28.1. The van der Waals surface area contributed by atoms with Crippen molar-refractivity contribution < 1.29 is 22.4 Å². The van der Waals surface area contributed by atoms with E-state index in [0.29, 0.717) is 6.42 Å². The summed E-state index contributed by atoms with van der Waals surface area (Å²) in [6.45, 7) is 8.69. The first-order chi connectivity index (χ1) is 15.7. The van der Waals surface area contributed by atoms with Crippen LogP contribution in [0.4, 0.5) is 10.1 Å². The van der Waals surface area contributed by atoms with E-state index in [4.69, 9.17) is 0 Å². The van der Waals surface area contributed by atoms with Crippen molar-refractivity contribution in [2.75, 3.05) is 17.1 Å². The maximum atomic E-state index is 14.5. The molecule has 0 fully saturated rings. The normalized spacial score (nSPS) is 12.7. The minimum absolute atomic E-state index is 0.108. The Kier molecular flexibility index (Phi) is 8.83. The van der Waals surface area contributed by atoms with Crippen molar-refractivity contribution in [3.8, 4) is 0 Å². The summed E-state index contributed by atoms with van der Waals surface area (Å²) in [7, 11) is -3.99. The summed E-state index contributed by atoms with van der Waals surface area (Å²) in [6.07, 6.45) is 1.24. The summed E-state index contributed by atoms with van der Waals surface area (Å²) in [5.74, 6) is -1.70. The fourth-order valence-corrected chi connectivity index (χ4v) is 4.44. The van der Waals surface area contributed by atoms with Crippen LogP contribution < -0.4 is 9.62 Å². The van der Waals surface area contributed by atoms with E-state index >= 15 is 0 Å². The van der Waals surface area contributed by atoms with E-state index < -0.39 is 39.9 Å². The van der Waals surface area contributed by atoms with Gasteiger partial charge in [0, 0.05) is 12.1 Å². The quantitative estimate of drug-likeness (QED) is 0.581. The lowest BCUT2D eigenvalue weighted by Crippen LogP contribution is -2.55. The highest BCUT2D eigenvalue weighted by Crippen LogP contribution is 2.23. The van der Waals surface area contributed by atoms with E-state index in [9.17, 15) is 22.4 Å². The van der Waals surface area contributed by atoms with Crippen LogP contribution in [0.2, 0.25) is 0 Å². The first kappa shape index (κ1) is 27.3. The number of amides is 2. The number of rotatable bonds is 9. The monoisotopic (exact) mass is 491 g/mol. The number of carbonyl (C=O) groups is 2. The highest BCUT2D eigenvalue weighted by atomic mass is 32.2. The lowest BCUT2D eigenvalue weighted by Gasteiger charge is -2.34. The average molecular weight is 492 g/mol. The van der Waals surface area contributed by atoms with Gasteiger partial charge >= 0.3 is 0 Å². The molecule has 0 aliphatic carbocycles. The second-order valence-corrected chi connectivity index (χ2v) is 11.2. The molecule has 0 unspecified atom stereocenters. The Hall–Kier alpha value is -2.94. The van der Waals surface area contributed by atoms with E-state index in [0.717, 1.165) is 27.8 Å². The van der Waals surface area contributed by atoms with Crippen LogP contribution in [0.3, 0.4) is 0 Å². The Balaban J connectivity index is 2.49. The predicted octanol–water partition coefficient (Wildman–Crippen LogP) is 3.62. The zero-order valence-corrected chi connectivity index (χ0v) is 21.4. The van der Waals surface area contributed by atoms with Crippen LogP contribution in [0.5, 0.6) is 0 Å². The summed E-state index contributed by atoms with van der Waals surface area (Å²) < 4.78 is 40.3. The third-order valence-electron chi connectivity index (χ3n) is 5.29. The van der Waals surface area contributed by atoms with Crippen LogP contribution >= 0.6 is 0 Å². The summed E-state index contributed by atoms with van der Waals surface area (Å²) in [5, 5.41) is 2.91. The molecule has 0 radical (unpaired) electrons. The van der Waals surface area contributed by atoms with Gasteiger partial charge in [-0.15, -0.1) is 0 Å². The molecule has 7 nitrogen and oxygen atoms in total. The number of aryl methyl sites for hydroxylation is 1. The predicted molar refractivity (Wildman–Crippen MR) is 132 cm³/mol. The van der Waals surface area contributed by atoms with Crippen molar-refractivity contribution >= 4 is 27.5 Å². The van der Waals surface area contributed by atoms with Gasteiger partial charge in [0.1, 0.15) is 18.4 Å². The Bertz CT molecular complexity index is 1130. The largest absolute Gasteiger partial charge is 0.350 e. The fourth-order valence-electron chi connectivity index (χ4n) is 3.59. The molecule has 0 aromatic heterocycles. The molecule has 2 aromatic rings. The molecule has 2 rings (SSSR count). The zero-order chi connectivity index (χ0) is 25.7. The maximum absolute atomic E-state index is 14.5. The molecule has 9 heteroatoms. The number of hydrogen-bond acceptors (Lipinski definition) is 4. The molecule has 0 saturated heterocycles. The van der Waals surface area contributed by atoms with E-state index in [1.54, 1.807) is 6.92 Å². The van der Waals surface area contributed by atoms with Gasteiger partial charge < -0.3 is 10.2 Å². The second kappa shape index (κ2) is 11.0. The molecule has 0 bridgehead atoms. The minimum Gasteiger partial charge on any atom is -0.350 e. The number of sulfonamides is 1. The summed E-state index contributed by atoms with van der Waals surface area (Å²) in [6, 6.07) is 12.0. The van der Waals surface area contributed by atoms with Gasteiger partial charge in [-0.05, 0) is 57.4 Å². The van der Waals surface area contributed by atoms with E-state index in [1.165, 1.54) is 23.1 Å². The highest BCUT2D eigenvalue weighted by molar-refractivity contribution is 7.92. The molecular formula is C25H34FN3O4S. The lowest BCUT2D eigenvalue weighted by atomic mass is 10.0. The van der Waals surface area contributed by atoms with Crippen molar-refractivity contribution in [3.63, 3.8) is 0 Å². The van der Waals surface area contributed by atoms with Gasteiger partial charge in [0.25, 0.3) is 0 Å². The van der Waals surface area contributed by atoms with E-state index in [-0.39, 0.29) is 18.1 Å². The van der Waals surface area contributed by atoms with Crippen molar-refractivity contribution in [2.24, 2.45) is 0 Å². The van der Waals surface area contributed by atoms with Crippen molar-refractivity contribution in [1.82, 2.24) is 10.2 Å². The molecule has 0 spiro atoms. The van der Waals surface area contributed by atoms with Gasteiger partial charge in [-0.2, -0.15) is 0 Å². The number of nitrogens with zero attached hydrogens (tertiary/aromatic N) is 2. The number of benzene rings is 2. The molecule has 1 atom stereocenters. The van der Waals surface area contributed by atoms with Gasteiger partial charge in [0.15, 0.2) is 0 Å².